The topological polar surface area (TPSA) is 87.2 Å². The summed E-state index contributed by atoms with van der Waals surface area (Å²) in [5, 5.41) is 3.52. The molecule has 0 aliphatic carbocycles. The quantitative estimate of drug-likeness (QED) is 0.686. The highest BCUT2D eigenvalue weighted by molar-refractivity contribution is 5.94. The molecule has 150 valence electrons. The molecule has 0 fully saturated rings. The van der Waals surface area contributed by atoms with Crippen molar-refractivity contribution < 1.29 is 4.79 Å². The molecule has 0 bridgehead atoms. The normalized spacial score (nSPS) is 15.6. The molecule has 29 heavy (non-hydrogen) atoms. The lowest BCUT2D eigenvalue weighted by Crippen LogP contribution is -2.39. The highest BCUT2D eigenvalue weighted by atomic mass is 16.2. The van der Waals surface area contributed by atoms with Gasteiger partial charge in [-0.25, -0.2) is 4.79 Å². The van der Waals surface area contributed by atoms with Crippen molar-refractivity contribution in [2.24, 2.45) is 5.92 Å². The summed E-state index contributed by atoms with van der Waals surface area (Å²) in [7, 11) is 4.01. The number of carbonyl (C=O) groups excluding carboxylic acids is 1. The second-order valence-electron chi connectivity index (χ2n) is 7.90. The molecule has 0 saturated carbocycles. The Balaban J connectivity index is 1.47. The Hall–Kier alpha value is -3.19. The van der Waals surface area contributed by atoms with Crippen molar-refractivity contribution in [1.82, 2.24) is 19.8 Å². The summed E-state index contributed by atoms with van der Waals surface area (Å²) < 4.78 is 1.61. The van der Waals surface area contributed by atoms with Gasteiger partial charge in [0, 0.05) is 25.2 Å². The molecule has 4 rings (SSSR count). The molecule has 3 aromatic rings. The van der Waals surface area contributed by atoms with Gasteiger partial charge in [-0.15, -0.1) is 0 Å². The van der Waals surface area contributed by atoms with Gasteiger partial charge in [0.2, 0.25) is 0 Å². The van der Waals surface area contributed by atoms with E-state index in [-0.39, 0.29) is 17.4 Å². The third-order valence-electron chi connectivity index (χ3n) is 5.32. The number of nitrogens with zero attached hydrogens (tertiary/aromatic N) is 2. The first-order valence-corrected chi connectivity index (χ1v) is 9.69. The fourth-order valence-electron chi connectivity index (χ4n) is 4.00. The van der Waals surface area contributed by atoms with Crippen LogP contribution in [0.2, 0.25) is 0 Å². The zero-order valence-electron chi connectivity index (χ0n) is 16.6. The second kappa shape index (κ2) is 7.67. The third-order valence-corrected chi connectivity index (χ3v) is 5.32. The molecule has 7 nitrogen and oxygen atoms in total. The minimum atomic E-state index is -0.401. The molecular weight excluding hydrogens is 368 g/mol. The van der Waals surface area contributed by atoms with E-state index in [2.05, 4.69) is 15.2 Å². The number of hydrogen-bond donors (Lipinski definition) is 2. The monoisotopic (exact) mass is 392 g/mol. The summed E-state index contributed by atoms with van der Waals surface area (Å²) in [6, 6.07) is 13.1. The summed E-state index contributed by atoms with van der Waals surface area (Å²) >= 11 is 0. The van der Waals surface area contributed by atoms with E-state index in [0.717, 1.165) is 17.7 Å². The van der Waals surface area contributed by atoms with Gasteiger partial charge in [0.15, 0.2) is 0 Å². The zero-order valence-corrected chi connectivity index (χ0v) is 16.6. The van der Waals surface area contributed by atoms with Crippen LogP contribution in [0.5, 0.6) is 0 Å². The van der Waals surface area contributed by atoms with Crippen molar-refractivity contribution >= 4 is 16.8 Å². The van der Waals surface area contributed by atoms with Crippen LogP contribution < -0.4 is 16.6 Å². The van der Waals surface area contributed by atoms with Gasteiger partial charge in [-0.2, -0.15) is 0 Å². The van der Waals surface area contributed by atoms with Gasteiger partial charge in [-0.1, -0.05) is 24.3 Å². The van der Waals surface area contributed by atoms with E-state index < -0.39 is 5.69 Å². The SMILES string of the molecule is CN(C)Cc1ccc(C(=O)NCC2Cc3cccc4c(=O)[nH]c(=O)n(c34)C2)cc1. The minimum Gasteiger partial charge on any atom is -0.352 e. The Bertz CT molecular complexity index is 1180. The Morgan fingerprint density at radius 3 is 2.66 bits per heavy atom. The van der Waals surface area contributed by atoms with Crippen LogP contribution in [0.15, 0.2) is 52.1 Å². The predicted molar refractivity (Wildman–Crippen MR) is 112 cm³/mol. The van der Waals surface area contributed by atoms with E-state index in [9.17, 15) is 14.4 Å². The van der Waals surface area contributed by atoms with Crippen LogP contribution in [0.25, 0.3) is 10.9 Å². The number of para-hydroxylation sites is 1. The number of hydrogen-bond acceptors (Lipinski definition) is 4. The molecular formula is C22H24N4O3. The molecule has 0 saturated heterocycles. The first-order chi connectivity index (χ1) is 13.9. The predicted octanol–water partition coefficient (Wildman–Crippen LogP) is 1.35. The molecule has 1 aromatic heterocycles. The maximum Gasteiger partial charge on any atom is 0.328 e. The van der Waals surface area contributed by atoms with Crippen LogP contribution in [0, 0.1) is 5.92 Å². The minimum absolute atomic E-state index is 0.0775. The zero-order chi connectivity index (χ0) is 20.5. The van der Waals surface area contributed by atoms with Gasteiger partial charge in [0.25, 0.3) is 11.5 Å². The molecule has 1 aliphatic heterocycles. The highest BCUT2D eigenvalue weighted by Gasteiger charge is 2.23. The molecule has 1 aliphatic rings. The largest absolute Gasteiger partial charge is 0.352 e. The Labute approximate surface area is 168 Å². The molecule has 1 amide bonds. The molecule has 2 N–H and O–H groups in total. The Morgan fingerprint density at radius 2 is 1.93 bits per heavy atom. The molecule has 0 radical (unpaired) electrons. The van der Waals surface area contributed by atoms with E-state index in [4.69, 9.17) is 0 Å². The van der Waals surface area contributed by atoms with E-state index in [1.165, 1.54) is 0 Å². The molecule has 0 spiro atoms. The number of aromatic nitrogens is 2. The van der Waals surface area contributed by atoms with Crippen LogP contribution in [0.3, 0.4) is 0 Å². The molecule has 1 atom stereocenters. The van der Waals surface area contributed by atoms with Crippen LogP contribution in [-0.2, 0) is 19.5 Å². The fraction of sp³-hybridized carbons (Fsp3) is 0.318. The number of nitrogens with one attached hydrogen (secondary N) is 2. The average molecular weight is 392 g/mol. The summed E-state index contributed by atoms with van der Waals surface area (Å²) in [6.45, 7) is 1.75. The number of aromatic amines is 1. The first-order valence-electron chi connectivity index (χ1n) is 9.69. The van der Waals surface area contributed by atoms with E-state index in [1.54, 1.807) is 10.6 Å². The number of benzene rings is 2. The Morgan fingerprint density at radius 1 is 1.17 bits per heavy atom. The van der Waals surface area contributed by atoms with Crippen LogP contribution in [0.1, 0.15) is 21.5 Å². The molecule has 2 heterocycles. The van der Waals surface area contributed by atoms with Gasteiger partial charge in [0.1, 0.15) is 0 Å². The van der Waals surface area contributed by atoms with Crippen molar-refractivity contribution in [2.45, 2.75) is 19.5 Å². The molecule has 7 heteroatoms. The van der Waals surface area contributed by atoms with Crippen molar-refractivity contribution in [2.75, 3.05) is 20.6 Å². The van der Waals surface area contributed by atoms with Crippen LogP contribution >= 0.6 is 0 Å². The molecule has 1 unspecified atom stereocenters. The van der Waals surface area contributed by atoms with Crippen molar-refractivity contribution in [1.29, 1.82) is 0 Å². The summed E-state index contributed by atoms with van der Waals surface area (Å²) in [5.74, 6) is -0.0482. The summed E-state index contributed by atoms with van der Waals surface area (Å²) in [6.07, 6.45) is 0.711. The van der Waals surface area contributed by atoms with E-state index in [0.29, 0.717) is 36.0 Å². The van der Waals surface area contributed by atoms with Crippen molar-refractivity contribution in [3.05, 3.63) is 80.0 Å². The first kappa shape index (κ1) is 19.1. The smallest absolute Gasteiger partial charge is 0.328 e. The van der Waals surface area contributed by atoms with Crippen LogP contribution in [0.4, 0.5) is 0 Å². The van der Waals surface area contributed by atoms with Gasteiger partial charge in [-0.3, -0.25) is 19.1 Å². The van der Waals surface area contributed by atoms with E-state index >= 15 is 0 Å². The second-order valence-corrected chi connectivity index (χ2v) is 7.90. The third kappa shape index (κ3) is 3.86. The lowest BCUT2D eigenvalue weighted by Gasteiger charge is -2.26. The number of amides is 1. The summed E-state index contributed by atoms with van der Waals surface area (Å²) in [5.41, 5.74) is 2.68. The van der Waals surface area contributed by atoms with Gasteiger partial charge < -0.3 is 10.2 Å². The maximum atomic E-state index is 12.5. The Kier molecular flexibility index (Phi) is 5.07. The van der Waals surface area contributed by atoms with Gasteiger partial charge >= 0.3 is 5.69 Å². The van der Waals surface area contributed by atoms with Crippen molar-refractivity contribution in [3.8, 4) is 0 Å². The summed E-state index contributed by atoms with van der Waals surface area (Å²) in [4.78, 5) is 41.3. The average Bonchev–Trinajstić information content (AvgIpc) is 2.70. The van der Waals surface area contributed by atoms with E-state index in [1.807, 2.05) is 50.5 Å². The molecule has 2 aromatic carbocycles. The highest BCUT2D eigenvalue weighted by Crippen LogP contribution is 2.24. The maximum absolute atomic E-state index is 12.5. The van der Waals surface area contributed by atoms with Gasteiger partial charge in [0.05, 0.1) is 10.9 Å². The number of rotatable bonds is 5. The standard InChI is InChI=1S/C22H24N4O3/c1-25(2)12-14-6-8-16(9-7-14)20(27)23-11-15-10-17-4-3-5-18-19(17)26(13-15)22(29)24-21(18)28/h3-9,15H,10-13H2,1-2H3,(H,23,27)(H,24,28,29). The number of carbonyl (C=O) groups is 1. The lowest BCUT2D eigenvalue weighted by molar-refractivity contribution is 0.0945. The van der Waals surface area contributed by atoms with Crippen molar-refractivity contribution in [3.63, 3.8) is 0 Å². The van der Waals surface area contributed by atoms with Gasteiger partial charge in [-0.05, 0) is 55.8 Å². The lowest BCUT2D eigenvalue weighted by atomic mass is 9.93. The fourth-order valence-corrected chi connectivity index (χ4v) is 4.00. The number of H-pyrrole nitrogens is 1. The van der Waals surface area contributed by atoms with Crippen LogP contribution in [-0.4, -0.2) is 41.0 Å².